The average molecular weight is 330 g/mol. The number of carbonyl (C=O) groups is 1. The Balaban J connectivity index is 0.000000301. The molecular weight excluding hydrogens is 300 g/mol. The highest BCUT2D eigenvalue weighted by atomic mass is 16.2. The third kappa shape index (κ3) is 5.05. The van der Waals surface area contributed by atoms with Crippen LogP contribution >= 0.6 is 0 Å². The Morgan fingerprint density at radius 3 is 2.58 bits per heavy atom. The van der Waals surface area contributed by atoms with E-state index in [1.165, 1.54) is 12.8 Å². The molecule has 5 heteroatoms. The molecule has 1 amide bonds. The van der Waals surface area contributed by atoms with Crippen LogP contribution in [-0.2, 0) is 17.9 Å². The maximum Gasteiger partial charge on any atom is 0.226 e. The van der Waals surface area contributed by atoms with Crippen molar-refractivity contribution in [3.63, 3.8) is 0 Å². The van der Waals surface area contributed by atoms with E-state index in [9.17, 15) is 4.79 Å². The quantitative estimate of drug-likeness (QED) is 0.779. The number of rotatable bonds is 2. The van der Waals surface area contributed by atoms with Crippen molar-refractivity contribution in [2.45, 2.75) is 59.5 Å². The molecule has 132 valence electrons. The highest BCUT2D eigenvalue weighted by Crippen LogP contribution is 2.30. The van der Waals surface area contributed by atoms with Crippen molar-refractivity contribution in [1.29, 1.82) is 0 Å². The van der Waals surface area contributed by atoms with Crippen molar-refractivity contribution in [3.05, 3.63) is 36.5 Å². The second-order valence-corrected chi connectivity index (χ2v) is 7.00. The Labute approximate surface area is 145 Å². The Kier molecular flexibility index (Phi) is 6.76. The minimum Gasteiger partial charge on any atom is -0.333 e. The molecule has 1 aliphatic carbocycles. The number of aromatic nitrogens is 3. The molecule has 0 saturated heterocycles. The average Bonchev–Trinajstić information content (AvgIpc) is 3.03. The third-order valence-electron chi connectivity index (χ3n) is 4.77. The van der Waals surface area contributed by atoms with Crippen LogP contribution in [0.2, 0.25) is 0 Å². The van der Waals surface area contributed by atoms with Crippen molar-refractivity contribution in [2.75, 3.05) is 6.54 Å². The van der Waals surface area contributed by atoms with Crippen LogP contribution in [0.3, 0.4) is 0 Å². The predicted molar refractivity (Wildman–Crippen MR) is 96.2 cm³/mol. The van der Waals surface area contributed by atoms with Gasteiger partial charge in [0.15, 0.2) is 5.82 Å². The Hall–Kier alpha value is -1.91. The van der Waals surface area contributed by atoms with Gasteiger partial charge in [-0.1, -0.05) is 31.2 Å². The van der Waals surface area contributed by atoms with Crippen LogP contribution in [0.5, 0.6) is 0 Å². The maximum absolute atomic E-state index is 12.5. The second kappa shape index (κ2) is 8.81. The minimum atomic E-state index is 0.246. The summed E-state index contributed by atoms with van der Waals surface area (Å²) in [4.78, 5) is 14.4. The van der Waals surface area contributed by atoms with Crippen molar-refractivity contribution in [3.8, 4) is 0 Å². The summed E-state index contributed by atoms with van der Waals surface area (Å²) >= 11 is 0. The zero-order valence-electron chi connectivity index (χ0n) is 15.2. The molecule has 24 heavy (non-hydrogen) atoms. The molecule has 0 aromatic carbocycles. The summed E-state index contributed by atoms with van der Waals surface area (Å²) in [6.07, 6.45) is 10.2. The van der Waals surface area contributed by atoms with Crippen molar-refractivity contribution in [1.82, 2.24) is 19.7 Å². The van der Waals surface area contributed by atoms with Crippen LogP contribution in [-0.4, -0.2) is 32.1 Å². The molecule has 1 aromatic rings. The van der Waals surface area contributed by atoms with Gasteiger partial charge in [0.05, 0.1) is 6.54 Å². The molecule has 5 nitrogen and oxygen atoms in total. The number of nitrogens with zero attached hydrogens (tertiary/aromatic N) is 4. The van der Waals surface area contributed by atoms with Gasteiger partial charge in [-0.15, -0.1) is 10.2 Å². The van der Waals surface area contributed by atoms with Crippen LogP contribution in [0.4, 0.5) is 0 Å². The van der Waals surface area contributed by atoms with E-state index in [-0.39, 0.29) is 5.92 Å². The van der Waals surface area contributed by atoms with Gasteiger partial charge < -0.3 is 9.47 Å². The normalized spacial score (nSPS) is 23.4. The summed E-state index contributed by atoms with van der Waals surface area (Å²) in [7, 11) is 0. The highest BCUT2D eigenvalue weighted by molar-refractivity contribution is 5.79. The molecule has 0 bridgehead atoms. The number of amides is 1. The second-order valence-electron chi connectivity index (χ2n) is 7.00. The lowest BCUT2D eigenvalue weighted by Crippen LogP contribution is -2.42. The first-order valence-corrected chi connectivity index (χ1v) is 8.95. The van der Waals surface area contributed by atoms with E-state index in [0.29, 0.717) is 12.5 Å². The van der Waals surface area contributed by atoms with Gasteiger partial charge in [-0.05, 0) is 45.4 Å². The lowest BCUT2D eigenvalue weighted by atomic mass is 9.82. The van der Waals surface area contributed by atoms with Gasteiger partial charge in [0.1, 0.15) is 6.33 Å². The fourth-order valence-corrected chi connectivity index (χ4v) is 3.30. The van der Waals surface area contributed by atoms with E-state index in [0.717, 1.165) is 43.2 Å². The van der Waals surface area contributed by atoms with Gasteiger partial charge in [-0.3, -0.25) is 4.79 Å². The molecular formula is C19H30N4O. The van der Waals surface area contributed by atoms with Crippen molar-refractivity contribution in [2.24, 2.45) is 11.8 Å². The zero-order chi connectivity index (χ0) is 17.5. The third-order valence-corrected chi connectivity index (χ3v) is 4.77. The number of allylic oxidation sites excluding steroid dienone is 3. The summed E-state index contributed by atoms with van der Waals surface area (Å²) in [5.41, 5.74) is 1.11. The molecule has 0 spiro atoms. The van der Waals surface area contributed by atoms with Crippen LogP contribution in [0.1, 0.15) is 52.3 Å². The molecule has 0 radical (unpaired) electrons. The first-order valence-electron chi connectivity index (χ1n) is 8.95. The predicted octanol–water partition coefficient (Wildman–Crippen LogP) is 3.59. The summed E-state index contributed by atoms with van der Waals surface area (Å²) in [6, 6.07) is 0. The molecule has 1 aromatic heterocycles. The molecule has 1 aliphatic heterocycles. The summed E-state index contributed by atoms with van der Waals surface area (Å²) in [5, 5.41) is 7.96. The van der Waals surface area contributed by atoms with E-state index in [2.05, 4.69) is 23.7 Å². The minimum absolute atomic E-state index is 0.246. The van der Waals surface area contributed by atoms with Crippen LogP contribution in [0.25, 0.3) is 0 Å². The van der Waals surface area contributed by atoms with Gasteiger partial charge >= 0.3 is 0 Å². The highest BCUT2D eigenvalue weighted by Gasteiger charge is 2.30. The summed E-state index contributed by atoms with van der Waals surface area (Å²) < 4.78 is 2.03. The van der Waals surface area contributed by atoms with Gasteiger partial charge in [0.2, 0.25) is 5.91 Å². The largest absolute Gasteiger partial charge is 0.333 e. The molecule has 1 fully saturated rings. The Morgan fingerprint density at radius 1 is 1.29 bits per heavy atom. The molecule has 3 rings (SSSR count). The first-order chi connectivity index (χ1) is 11.5. The van der Waals surface area contributed by atoms with E-state index in [1.807, 2.05) is 35.5 Å². The lowest BCUT2D eigenvalue weighted by molar-refractivity contribution is -0.138. The van der Waals surface area contributed by atoms with E-state index < -0.39 is 0 Å². The van der Waals surface area contributed by atoms with Gasteiger partial charge in [-0.25, -0.2) is 0 Å². The lowest BCUT2D eigenvalue weighted by Gasteiger charge is -2.33. The van der Waals surface area contributed by atoms with Gasteiger partial charge in [0.25, 0.3) is 0 Å². The van der Waals surface area contributed by atoms with Crippen LogP contribution in [0, 0.1) is 11.8 Å². The first kappa shape index (κ1) is 18.4. The fourth-order valence-electron chi connectivity index (χ4n) is 3.30. The molecule has 0 atom stereocenters. The smallest absolute Gasteiger partial charge is 0.226 e. The van der Waals surface area contributed by atoms with E-state index in [4.69, 9.17) is 0 Å². The SMILES string of the molecule is C=C(C)/C=C\C.CC1CCC(C(=O)N2CCn3cnnc3C2)CC1. The van der Waals surface area contributed by atoms with E-state index >= 15 is 0 Å². The monoisotopic (exact) mass is 330 g/mol. The zero-order valence-corrected chi connectivity index (χ0v) is 15.2. The van der Waals surface area contributed by atoms with Gasteiger partial charge in [0, 0.05) is 19.0 Å². The fraction of sp³-hybridized carbons (Fsp3) is 0.632. The molecule has 0 N–H and O–H groups in total. The number of carbonyl (C=O) groups excluding carboxylic acids is 1. The molecule has 1 saturated carbocycles. The topological polar surface area (TPSA) is 51.0 Å². The van der Waals surface area contributed by atoms with Crippen LogP contribution in [0.15, 0.2) is 30.6 Å². The molecule has 2 heterocycles. The standard InChI is InChI=1S/C13H20N4O.C6H10/c1-10-2-4-11(5-3-10)13(18)16-6-7-17-9-14-15-12(17)8-16;1-4-5-6(2)3/h9-11H,2-8H2,1H3;4-5H,2H2,1,3H3/b;5-4-. The van der Waals surface area contributed by atoms with Crippen LogP contribution < -0.4 is 0 Å². The number of fused-ring (bicyclic) bond motifs is 1. The molecule has 2 aliphatic rings. The summed E-state index contributed by atoms with van der Waals surface area (Å²) in [5.74, 6) is 2.28. The molecule has 0 unspecified atom stereocenters. The number of hydrogen-bond acceptors (Lipinski definition) is 3. The van der Waals surface area contributed by atoms with Gasteiger partial charge in [-0.2, -0.15) is 0 Å². The van der Waals surface area contributed by atoms with Crippen molar-refractivity contribution >= 4 is 5.91 Å². The van der Waals surface area contributed by atoms with E-state index in [1.54, 1.807) is 6.33 Å². The summed E-state index contributed by atoms with van der Waals surface area (Å²) in [6.45, 7) is 12.2. The Bertz CT molecular complexity index is 582. The Morgan fingerprint density at radius 2 is 2.00 bits per heavy atom. The van der Waals surface area contributed by atoms with Crippen molar-refractivity contribution < 1.29 is 4.79 Å². The number of hydrogen-bond donors (Lipinski definition) is 0. The maximum atomic E-state index is 12.5.